The summed E-state index contributed by atoms with van der Waals surface area (Å²) in [5.74, 6) is -0.360. The monoisotopic (exact) mass is 290 g/mol. The highest BCUT2D eigenvalue weighted by atomic mass is 32.2. The maximum absolute atomic E-state index is 12.0. The van der Waals surface area contributed by atoms with E-state index in [-0.39, 0.29) is 17.5 Å². The van der Waals surface area contributed by atoms with E-state index in [1.165, 1.54) is 19.6 Å². The summed E-state index contributed by atoms with van der Waals surface area (Å²) < 4.78 is 29.7. The zero-order valence-electron chi connectivity index (χ0n) is 10.9. The van der Waals surface area contributed by atoms with Crippen molar-refractivity contribution >= 4 is 15.9 Å². The Morgan fingerprint density at radius 2 is 2.32 bits per heavy atom. The molecule has 0 aromatic carbocycles. The van der Waals surface area contributed by atoms with Crippen molar-refractivity contribution in [3.63, 3.8) is 0 Å². The Bertz CT molecular complexity index is 486. The number of amides is 1. The fraction of sp³-hybridized carbons (Fsp3) is 0.600. The van der Waals surface area contributed by atoms with E-state index in [1.54, 1.807) is 7.11 Å². The van der Waals surface area contributed by atoms with Crippen molar-refractivity contribution in [3.05, 3.63) is 12.5 Å². The number of methoxy groups -OCH3 is 1. The molecule has 8 nitrogen and oxygen atoms in total. The minimum atomic E-state index is -3.70. The minimum absolute atomic E-state index is 0.0396. The predicted octanol–water partition coefficient (Wildman–Crippen LogP) is -0.817. The summed E-state index contributed by atoms with van der Waals surface area (Å²) in [4.78, 5) is 17.7. The van der Waals surface area contributed by atoms with E-state index in [1.807, 2.05) is 0 Å². The van der Waals surface area contributed by atoms with E-state index in [2.05, 4.69) is 15.3 Å². The topological polar surface area (TPSA) is 104 Å². The normalized spacial score (nSPS) is 11.7. The van der Waals surface area contributed by atoms with Gasteiger partial charge in [-0.15, -0.1) is 0 Å². The lowest BCUT2D eigenvalue weighted by Crippen LogP contribution is -2.38. The van der Waals surface area contributed by atoms with Gasteiger partial charge in [0, 0.05) is 27.3 Å². The van der Waals surface area contributed by atoms with E-state index in [0.29, 0.717) is 19.6 Å². The number of rotatable bonds is 8. The van der Waals surface area contributed by atoms with Crippen LogP contribution in [0.25, 0.3) is 0 Å². The molecule has 2 N–H and O–H groups in total. The first-order chi connectivity index (χ1) is 8.98. The number of hydrogen-bond donors (Lipinski definition) is 2. The van der Waals surface area contributed by atoms with Gasteiger partial charge in [-0.1, -0.05) is 0 Å². The minimum Gasteiger partial charge on any atom is -0.385 e. The molecule has 0 unspecified atom stereocenters. The molecular formula is C10H18N4O4S. The largest absolute Gasteiger partial charge is 0.385 e. The smallest absolute Gasteiger partial charge is 0.260 e. The standard InChI is InChI=1S/C10H18N4O4S/c1-14(7-9(15)12-4-3-5-18-2)19(16,17)10-6-11-8-13-10/h6,8H,3-5,7H2,1-2H3,(H,11,13)(H,12,15). The zero-order valence-corrected chi connectivity index (χ0v) is 11.7. The molecular weight excluding hydrogens is 272 g/mol. The molecule has 1 heterocycles. The van der Waals surface area contributed by atoms with Gasteiger partial charge >= 0.3 is 0 Å². The number of carbonyl (C=O) groups is 1. The molecule has 0 aliphatic heterocycles. The van der Waals surface area contributed by atoms with Gasteiger partial charge in [0.1, 0.15) is 0 Å². The van der Waals surface area contributed by atoms with Gasteiger partial charge in [-0.05, 0) is 6.42 Å². The number of carbonyl (C=O) groups excluding carboxylic acids is 1. The Kier molecular flexibility index (Phi) is 5.93. The molecule has 0 radical (unpaired) electrons. The summed E-state index contributed by atoms with van der Waals surface area (Å²) in [6.07, 6.45) is 3.15. The van der Waals surface area contributed by atoms with Gasteiger partial charge in [-0.25, -0.2) is 13.4 Å². The van der Waals surface area contributed by atoms with Crippen LogP contribution in [0, 0.1) is 0 Å². The van der Waals surface area contributed by atoms with Crippen LogP contribution in [0.3, 0.4) is 0 Å². The Morgan fingerprint density at radius 1 is 1.58 bits per heavy atom. The molecule has 0 atom stereocenters. The molecule has 1 amide bonds. The fourth-order valence-corrected chi connectivity index (χ4v) is 2.36. The maximum Gasteiger partial charge on any atom is 0.260 e. The number of imidazole rings is 1. The molecule has 1 aromatic rings. The second-order valence-corrected chi connectivity index (χ2v) is 5.89. The lowest BCUT2D eigenvalue weighted by molar-refractivity contribution is -0.121. The Hall–Kier alpha value is -1.45. The van der Waals surface area contributed by atoms with Crippen molar-refractivity contribution in [3.8, 4) is 0 Å². The van der Waals surface area contributed by atoms with Crippen LogP contribution in [-0.4, -0.2) is 62.5 Å². The first kappa shape index (κ1) is 15.6. The summed E-state index contributed by atoms with van der Waals surface area (Å²) in [6, 6.07) is 0. The van der Waals surface area contributed by atoms with Gasteiger partial charge in [0.25, 0.3) is 10.0 Å². The maximum atomic E-state index is 12.0. The molecule has 0 aliphatic rings. The highest BCUT2D eigenvalue weighted by Crippen LogP contribution is 2.09. The van der Waals surface area contributed by atoms with Crippen LogP contribution in [0.5, 0.6) is 0 Å². The highest BCUT2D eigenvalue weighted by Gasteiger charge is 2.23. The molecule has 9 heteroatoms. The summed E-state index contributed by atoms with van der Waals surface area (Å²) in [5.41, 5.74) is 0. The lowest BCUT2D eigenvalue weighted by Gasteiger charge is -2.15. The lowest BCUT2D eigenvalue weighted by atomic mass is 10.4. The Labute approximate surface area is 112 Å². The van der Waals surface area contributed by atoms with E-state index in [0.717, 1.165) is 4.31 Å². The quantitative estimate of drug-likeness (QED) is 0.609. The van der Waals surface area contributed by atoms with Crippen LogP contribution in [0.1, 0.15) is 6.42 Å². The van der Waals surface area contributed by atoms with Gasteiger partial charge in [-0.3, -0.25) is 4.79 Å². The van der Waals surface area contributed by atoms with Crippen LogP contribution in [0.15, 0.2) is 17.6 Å². The highest BCUT2D eigenvalue weighted by molar-refractivity contribution is 7.89. The van der Waals surface area contributed by atoms with E-state index >= 15 is 0 Å². The number of H-pyrrole nitrogens is 1. The molecule has 1 rings (SSSR count). The number of likely N-dealkylation sites (N-methyl/N-ethyl adjacent to an activating group) is 1. The molecule has 19 heavy (non-hydrogen) atoms. The fourth-order valence-electron chi connectivity index (χ4n) is 1.34. The van der Waals surface area contributed by atoms with Gasteiger partial charge in [0.15, 0.2) is 5.03 Å². The van der Waals surface area contributed by atoms with Crippen molar-refractivity contribution in [1.29, 1.82) is 0 Å². The second-order valence-electron chi connectivity index (χ2n) is 3.87. The molecule has 0 saturated carbocycles. The summed E-state index contributed by atoms with van der Waals surface area (Å²) in [6.45, 7) is 0.752. The van der Waals surface area contributed by atoms with Crippen LogP contribution in [-0.2, 0) is 19.6 Å². The predicted molar refractivity (Wildman–Crippen MR) is 67.9 cm³/mol. The molecule has 0 aliphatic carbocycles. The number of aromatic amines is 1. The SMILES string of the molecule is COCCCNC(=O)CN(C)S(=O)(=O)c1cnc[nH]1. The Balaban J connectivity index is 2.46. The van der Waals surface area contributed by atoms with Gasteiger partial charge < -0.3 is 15.0 Å². The zero-order chi connectivity index (χ0) is 14.3. The van der Waals surface area contributed by atoms with Crippen LogP contribution < -0.4 is 5.32 Å². The number of ether oxygens (including phenoxy) is 1. The summed E-state index contributed by atoms with van der Waals surface area (Å²) >= 11 is 0. The van der Waals surface area contributed by atoms with Gasteiger partial charge in [-0.2, -0.15) is 4.31 Å². The van der Waals surface area contributed by atoms with E-state index < -0.39 is 10.0 Å². The van der Waals surface area contributed by atoms with E-state index in [9.17, 15) is 13.2 Å². The second kappa shape index (κ2) is 7.22. The van der Waals surface area contributed by atoms with Gasteiger partial charge in [0.2, 0.25) is 5.91 Å². The molecule has 0 bridgehead atoms. The average molecular weight is 290 g/mol. The van der Waals surface area contributed by atoms with Crippen LogP contribution >= 0.6 is 0 Å². The van der Waals surface area contributed by atoms with Crippen molar-refractivity contribution in [2.24, 2.45) is 0 Å². The first-order valence-corrected chi connectivity index (χ1v) is 7.13. The molecule has 108 valence electrons. The summed E-state index contributed by atoms with van der Waals surface area (Å²) in [5, 5.41) is 2.58. The molecule has 0 fully saturated rings. The molecule has 0 spiro atoms. The van der Waals surface area contributed by atoms with Crippen LogP contribution in [0.2, 0.25) is 0 Å². The third-order valence-electron chi connectivity index (χ3n) is 2.38. The number of nitrogens with one attached hydrogen (secondary N) is 2. The van der Waals surface area contributed by atoms with Crippen molar-refractivity contribution in [2.75, 3.05) is 33.9 Å². The van der Waals surface area contributed by atoms with Gasteiger partial charge in [0.05, 0.1) is 19.1 Å². The third-order valence-corrected chi connectivity index (χ3v) is 4.10. The molecule has 1 aromatic heterocycles. The number of nitrogens with zero attached hydrogens (tertiary/aromatic N) is 2. The average Bonchev–Trinajstić information content (AvgIpc) is 2.89. The number of aromatic nitrogens is 2. The first-order valence-electron chi connectivity index (χ1n) is 5.69. The third kappa shape index (κ3) is 4.62. The molecule has 0 saturated heterocycles. The van der Waals surface area contributed by atoms with Crippen LogP contribution in [0.4, 0.5) is 0 Å². The van der Waals surface area contributed by atoms with E-state index in [4.69, 9.17) is 4.74 Å². The van der Waals surface area contributed by atoms with Crippen molar-refractivity contribution < 1.29 is 17.9 Å². The van der Waals surface area contributed by atoms with Crippen molar-refractivity contribution in [1.82, 2.24) is 19.6 Å². The summed E-state index contributed by atoms with van der Waals surface area (Å²) in [7, 11) is -0.782. The number of hydrogen-bond acceptors (Lipinski definition) is 5. The number of sulfonamides is 1. The Morgan fingerprint density at radius 3 is 2.89 bits per heavy atom. The van der Waals surface area contributed by atoms with Crippen molar-refractivity contribution in [2.45, 2.75) is 11.4 Å².